The number of allylic oxidation sites excluding steroid dienone is 2. The molecule has 0 amide bonds. The molecule has 0 saturated heterocycles. The van der Waals surface area contributed by atoms with Gasteiger partial charge in [0, 0.05) is 38.5 Å². The van der Waals surface area contributed by atoms with E-state index in [1.165, 1.54) is 25.5 Å². The topological polar surface area (TPSA) is 128 Å². The third-order valence-corrected chi connectivity index (χ3v) is 13.5. The Morgan fingerprint density at radius 1 is 0.917 bits per heavy atom. The molecule has 1 aromatic carbocycles. The third-order valence-electron chi connectivity index (χ3n) is 13.5. The van der Waals surface area contributed by atoms with E-state index in [1.54, 1.807) is 21.5 Å². The minimum absolute atomic E-state index is 0.000142. The molecule has 3 heterocycles. The van der Waals surface area contributed by atoms with E-state index >= 15 is 0 Å². The minimum Gasteiger partial charge on any atom is -0.469 e. The maximum absolute atomic E-state index is 14.9. The molecule has 0 N–H and O–H groups in total. The molecule has 1 aromatic heterocycles. The molecule has 11 heteroatoms. The summed E-state index contributed by atoms with van der Waals surface area (Å²) in [5, 5.41) is 0. The van der Waals surface area contributed by atoms with Crippen LogP contribution >= 0.6 is 0 Å². The van der Waals surface area contributed by atoms with Crippen molar-refractivity contribution in [3.63, 3.8) is 0 Å². The van der Waals surface area contributed by atoms with Gasteiger partial charge in [0.15, 0.2) is 0 Å². The first-order valence-electron chi connectivity index (χ1n) is 17.4. The van der Waals surface area contributed by atoms with Crippen LogP contribution in [0.2, 0.25) is 0 Å². The van der Waals surface area contributed by atoms with Crippen LogP contribution in [0, 0.1) is 34.5 Å². The molecule has 2 aromatic rings. The van der Waals surface area contributed by atoms with Crippen LogP contribution in [-0.4, -0.2) is 51.2 Å². The molecular formula is C37H47N3O8. The highest BCUT2D eigenvalue weighted by atomic mass is 16.6. The van der Waals surface area contributed by atoms with E-state index in [-0.39, 0.29) is 35.6 Å². The number of methoxy groups -OCH3 is 1. The van der Waals surface area contributed by atoms with E-state index in [2.05, 4.69) is 32.9 Å². The van der Waals surface area contributed by atoms with Crippen molar-refractivity contribution in [3.8, 4) is 5.69 Å². The summed E-state index contributed by atoms with van der Waals surface area (Å²) < 4.78 is 21.6. The van der Waals surface area contributed by atoms with E-state index in [0.717, 1.165) is 25.7 Å². The molecule has 48 heavy (non-hydrogen) atoms. The highest BCUT2D eigenvalue weighted by Gasteiger charge is 2.77. The van der Waals surface area contributed by atoms with E-state index in [1.807, 2.05) is 18.2 Å². The van der Waals surface area contributed by atoms with Crippen LogP contribution in [0.4, 0.5) is 0 Å². The number of para-hydroxylation sites is 1. The van der Waals surface area contributed by atoms with Crippen LogP contribution in [0.15, 0.2) is 52.1 Å². The first kappa shape index (κ1) is 32.6. The first-order chi connectivity index (χ1) is 22.8. The van der Waals surface area contributed by atoms with E-state index < -0.39 is 52.0 Å². The van der Waals surface area contributed by atoms with E-state index in [0.29, 0.717) is 30.9 Å². The summed E-state index contributed by atoms with van der Waals surface area (Å²) in [6, 6.07) is 8.99. The van der Waals surface area contributed by atoms with Gasteiger partial charge in [-0.15, -0.1) is 0 Å². The predicted octanol–water partition coefficient (Wildman–Crippen LogP) is 4.47. The quantitative estimate of drug-likeness (QED) is 0.242. The number of hydrogen-bond donors (Lipinski definition) is 0. The Bertz CT molecular complexity index is 1810. The maximum Gasteiger partial charge on any atom is 0.352 e. The van der Waals surface area contributed by atoms with Crippen molar-refractivity contribution in [1.82, 2.24) is 13.9 Å². The van der Waals surface area contributed by atoms with Gasteiger partial charge >= 0.3 is 29.3 Å². The Kier molecular flexibility index (Phi) is 7.53. The van der Waals surface area contributed by atoms with Crippen molar-refractivity contribution in [2.24, 2.45) is 34.5 Å². The molecule has 2 bridgehead atoms. The second-order valence-electron chi connectivity index (χ2n) is 15.5. The third kappa shape index (κ3) is 4.14. The van der Waals surface area contributed by atoms with E-state index in [9.17, 15) is 24.0 Å². The van der Waals surface area contributed by atoms with Crippen LogP contribution in [0.25, 0.3) is 5.69 Å². The Morgan fingerprint density at radius 2 is 1.60 bits per heavy atom. The lowest BCUT2D eigenvalue weighted by Gasteiger charge is -2.72. The highest BCUT2D eigenvalue weighted by molar-refractivity contribution is 5.69. The predicted molar refractivity (Wildman–Crippen MR) is 175 cm³/mol. The fourth-order valence-corrected chi connectivity index (χ4v) is 11.7. The van der Waals surface area contributed by atoms with Gasteiger partial charge in [0.05, 0.1) is 23.9 Å². The molecule has 10 atom stereocenters. The summed E-state index contributed by atoms with van der Waals surface area (Å²) in [7, 11) is 1.42. The van der Waals surface area contributed by atoms with Gasteiger partial charge in [0.2, 0.25) is 0 Å². The number of ether oxygens (including phenoxy) is 3. The second kappa shape index (κ2) is 11.1. The molecule has 8 rings (SSSR count). The zero-order chi connectivity index (χ0) is 34.4. The Morgan fingerprint density at radius 3 is 2.27 bits per heavy atom. The molecule has 2 aliphatic heterocycles. The molecule has 6 aliphatic rings. The van der Waals surface area contributed by atoms with Crippen molar-refractivity contribution < 1.29 is 28.6 Å². The monoisotopic (exact) mass is 661 g/mol. The summed E-state index contributed by atoms with van der Waals surface area (Å²) >= 11 is 0. The van der Waals surface area contributed by atoms with Crippen molar-refractivity contribution in [2.75, 3.05) is 7.11 Å². The average Bonchev–Trinajstić information content (AvgIpc) is 3.54. The Balaban J connectivity index is 1.47. The van der Waals surface area contributed by atoms with Gasteiger partial charge in [-0.1, -0.05) is 51.1 Å². The van der Waals surface area contributed by atoms with Gasteiger partial charge in [-0.25, -0.2) is 23.5 Å². The van der Waals surface area contributed by atoms with Crippen LogP contribution in [-0.2, 0) is 39.7 Å². The van der Waals surface area contributed by atoms with Gasteiger partial charge in [-0.05, 0) is 73.3 Å². The largest absolute Gasteiger partial charge is 0.469 e. The lowest BCUT2D eigenvalue weighted by atomic mass is 9.39. The number of esters is 3. The average molecular weight is 662 g/mol. The molecule has 0 radical (unpaired) electrons. The van der Waals surface area contributed by atoms with Gasteiger partial charge in [0.1, 0.15) is 12.2 Å². The fourth-order valence-electron chi connectivity index (χ4n) is 11.7. The van der Waals surface area contributed by atoms with Gasteiger partial charge < -0.3 is 14.2 Å². The molecule has 0 unspecified atom stereocenters. The lowest BCUT2D eigenvalue weighted by molar-refractivity contribution is -0.247. The van der Waals surface area contributed by atoms with Crippen molar-refractivity contribution in [3.05, 3.63) is 63.5 Å². The highest BCUT2D eigenvalue weighted by Crippen LogP contribution is 2.74. The summed E-state index contributed by atoms with van der Waals surface area (Å²) in [4.78, 5) is 67.0. The van der Waals surface area contributed by atoms with Gasteiger partial charge in [0.25, 0.3) is 0 Å². The standard InChI is InChI=1S/C37H47N3O8/c1-22(12-15-31(43)46-6)27-13-14-28-34(27,4)17-16-29-35(5)30(48-24(3)42)20-26(47-23(2)41)21-36(35)18-19-37(28,29)40-33(45)38(32(44)39(36)40)25-10-8-7-9-11-25/h7-11,18-19,22,26-30H,12-17,20-21H2,1-6H3/t22-,26+,27-,28-,29-,30+,34-,35+,36-,37+/m1/s1. The maximum atomic E-state index is 14.9. The Labute approximate surface area is 280 Å². The normalized spacial score (nSPS) is 37.8. The second-order valence-corrected chi connectivity index (χ2v) is 15.5. The van der Waals surface area contributed by atoms with Crippen molar-refractivity contribution in [1.29, 1.82) is 0 Å². The van der Waals surface area contributed by atoms with Crippen LogP contribution in [0.3, 0.4) is 0 Å². The molecule has 3 saturated carbocycles. The SMILES string of the molecule is COC(=O)CC[C@@H](C)[C@H]1CC[C@@H]2[C@]1(C)CC[C@H]1[C@]23C=C[C@]2(C[C@@H](OC(C)=O)C[C@H](OC(C)=O)[C@]12C)n1c(=O)n(-c2ccccc2)c(=O)n13. The minimum atomic E-state index is -1.10. The van der Waals surface area contributed by atoms with E-state index in [4.69, 9.17) is 14.2 Å². The number of fused-ring (bicyclic) bond motifs is 1. The van der Waals surface area contributed by atoms with Gasteiger partial charge in [-0.3, -0.25) is 14.4 Å². The fraction of sp³-hybridized carbons (Fsp3) is 0.649. The molecule has 3 fully saturated rings. The molecule has 2 spiro atoms. The molecule has 258 valence electrons. The summed E-state index contributed by atoms with van der Waals surface area (Å²) in [5.74, 6) is -0.707. The van der Waals surface area contributed by atoms with Crippen molar-refractivity contribution in [2.45, 2.75) is 109 Å². The number of rotatable bonds is 7. The number of aromatic nitrogens is 3. The number of benzene rings is 1. The smallest absolute Gasteiger partial charge is 0.352 e. The van der Waals surface area contributed by atoms with Gasteiger partial charge in [-0.2, -0.15) is 0 Å². The summed E-state index contributed by atoms with van der Waals surface area (Å²) in [5.41, 5.74) is -3.33. The van der Waals surface area contributed by atoms with Crippen LogP contribution in [0.5, 0.6) is 0 Å². The molecule has 11 nitrogen and oxygen atoms in total. The first-order valence-corrected chi connectivity index (χ1v) is 17.4. The number of nitrogens with zero attached hydrogens (tertiary/aromatic N) is 3. The number of carbonyl (C=O) groups is 3. The van der Waals surface area contributed by atoms with Crippen LogP contribution < -0.4 is 11.4 Å². The summed E-state index contributed by atoms with van der Waals surface area (Å²) in [6.45, 7) is 9.43. The zero-order valence-corrected chi connectivity index (χ0v) is 28.8. The number of hydrogen-bond acceptors (Lipinski definition) is 8. The Hall–Kier alpha value is -3.89. The zero-order valence-electron chi connectivity index (χ0n) is 28.8. The molecule has 4 aliphatic carbocycles. The summed E-state index contributed by atoms with van der Waals surface area (Å²) in [6.07, 6.45) is 8.08. The van der Waals surface area contributed by atoms with Crippen LogP contribution in [0.1, 0.15) is 86.0 Å². The lowest BCUT2D eigenvalue weighted by Crippen LogP contribution is -2.79. The molecular weight excluding hydrogens is 614 g/mol. The number of carbonyl (C=O) groups excluding carboxylic acids is 3. The van der Waals surface area contributed by atoms with Crippen molar-refractivity contribution >= 4 is 17.9 Å².